The monoisotopic (exact) mass is 401 g/mol. The van der Waals surface area contributed by atoms with Crippen molar-refractivity contribution in [1.82, 2.24) is 23.1 Å². The lowest BCUT2D eigenvalue weighted by atomic mass is 10.2. The van der Waals surface area contributed by atoms with Crippen LogP contribution < -0.4 is 11.2 Å². The average molecular weight is 402 g/mol. The van der Waals surface area contributed by atoms with Crippen LogP contribution in [0.4, 0.5) is 0 Å². The van der Waals surface area contributed by atoms with Crippen molar-refractivity contribution in [3.8, 4) is 0 Å². The van der Waals surface area contributed by atoms with E-state index < -0.39 is 5.69 Å². The molecule has 0 aliphatic rings. The van der Waals surface area contributed by atoms with Crippen LogP contribution in [0.3, 0.4) is 0 Å². The summed E-state index contributed by atoms with van der Waals surface area (Å²) in [6.45, 7) is 3.24. The van der Waals surface area contributed by atoms with Gasteiger partial charge in [0.1, 0.15) is 0 Å². The molecule has 3 heterocycles. The maximum Gasteiger partial charge on any atom is 0.332 e. The zero-order chi connectivity index (χ0) is 20.0. The van der Waals surface area contributed by atoms with E-state index in [-0.39, 0.29) is 12.1 Å². The minimum Gasteiger partial charge on any atom is -0.383 e. The number of ether oxygens (including phenoxy) is 1. The first-order valence-corrected chi connectivity index (χ1v) is 9.21. The van der Waals surface area contributed by atoms with E-state index in [0.29, 0.717) is 35.1 Å². The van der Waals surface area contributed by atoms with Crippen LogP contribution >= 0.6 is 11.6 Å². The van der Waals surface area contributed by atoms with E-state index in [2.05, 4.69) is 4.98 Å². The van der Waals surface area contributed by atoms with Gasteiger partial charge in [-0.2, -0.15) is 4.98 Å². The Bertz CT molecular complexity index is 1290. The van der Waals surface area contributed by atoms with E-state index >= 15 is 0 Å². The van der Waals surface area contributed by atoms with Crippen molar-refractivity contribution in [3.63, 3.8) is 0 Å². The zero-order valence-corrected chi connectivity index (χ0v) is 16.6. The van der Waals surface area contributed by atoms with Gasteiger partial charge in [0, 0.05) is 37.6 Å². The highest BCUT2D eigenvalue weighted by Gasteiger charge is 2.20. The minimum atomic E-state index is -0.409. The molecule has 0 aliphatic heterocycles. The number of aryl methyl sites for hydroxylation is 2. The number of benzene rings is 1. The molecule has 0 fully saturated rings. The number of aromatic nitrogens is 5. The maximum absolute atomic E-state index is 13.2. The number of halogens is 1. The van der Waals surface area contributed by atoms with E-state index in [9.17, 15) is 9.59 Å². The molecule has 146 valence electrons. The Morgan fingerprint density at radius 1 is 1.14 bits per heavy atom. The topological polar surface area (TPSA) is 75.5 Å². The Morgan fingerprint density at radius 3 is 2.54 bits per heavy atom. The highest BCUT2D eigenvalue weighted by Crippen LogP contribution is 2.16. The van der Waals surface area contributed by atoms with Gasteiger partial charge in [0.15, 0.2) is 11.2 Å². The summed E-state index contributed by atoms with van der Waals surface area (Å²) in [6, 6.07) is 7.08. The van der Waals surface area contributed by atoms with Gasteiger partial charge in [-0.05, 0) is 24.6 Å². The summed E-state index contributed by atoms with van der Waals surface area (Å²) >= 11 is 5.93. The molecular formula is C19H20ClN5O3. The van der Waals surface area contributed by atoms with Crippen LogP contribution in [-0.2, 0) is 24.9 Å². The number of fused-ring (bicyclic) bond motifs is 3. The van der Waals surface area contributed by atoms with Gasteiger partial charge in [0.05, 0.1) is 13.2 Å². The number of hydrogen-bond acceptors (Lipinski definition) is 4. The second kappa shape index (κ2) is 6.96. The Hall–Kier alpha value is -2.84. The van der Waals surface area contributed by atoms with Gasteiger partial charge in [0.25, 0.3) is 5.56 Å². The van der Waals surface area contributed by atoms with Crippen molar-refractivity contribution in [2.24, 2.45) is 7.05 Å². The molecule has 0 N–H and O–H groups in total. The summed E-state index contributed by atoms with van der Waals surface area (Å²) in [5.74, 6) is 0.612. The zero-order valence-electron chi connectivity index (χ0n) is 15.8. The SMILES string of the molecule is COCCn1c(C)cn2c3c(=O)n(Cc4ccc(Cl)cc4)c(=O)n(C)c3nc12. The highest BCUT2D eigenvalue weighted by molar-refractivity contribution is 6.30. The molecule has 0 bridgehead atoms. The van der Waals surface area contributed by atoms with Crippen LogP contribution in [0, 0.1) is 6.92 Å². The molecule has 3 aromatic heterocycles. The van der Waals surface area contributed by atoms with Crippen LogP contribution in [-0.4, -0.2) is 36.8 Å². The fourth-order valence-corrected chi connectivity index (χ4v) is 3.55. The van der Waals surface area contributed by atoms with E-state index in [0.717, 1.165) is 11.3 Å². The first-order valence-electron chi connectivity index (χ1n) is 8.83. The summed E-state index contributed by atoms with van der Waals surface area (Å²) < 4.78 is 11.5. The fourth-order valence-electron chi connectivity index (χ4n) is 3.43. The maximum atomic E-state index is 13.2. The molecule has 0 unspecified atom stereocenters. The molecule has 1 aromatic carbocycles. The molecule has 4 rings (SSSR count). The Morgan fingerprint density at radius 2 is 1.86 bits per heavy atom. The highest BCUT2D eigenvalue weighted by atomic mass is 35.5. The molecule has 0 spiro atoms. The quantitative estimate of drug-likeness (QED) is 0.511. The van der Waals surface area contributed by atoms with E-state index in [1.165, 1.54) is 9.13 Å². The molecule has 0 saturated carbocycles. The largest absolute Gasteiger partial charge is 0.383 e. The van der Waals surface area contributed by atoms with Crippen molar-refractivity contribution in [2.45, 2.75) is 20.0 Å². The van der Waals surface area contributed by atoms with E-state index in [1.54, 1.807) is 42.8 Å². The van der Waals surface area contributed by atoms with Gasteiger partial charge >= 0.3 is 5.69 Å². The van der Waals surface area contributed by atoms with Gasteiger partial charge in [-0.25, -0.2) is 4.79 Å². The Balaban J connectivity index is 1.95. The normalized spacial score (nSPS) is 11.7. The van der Waals surface area contributed by atoms with Gasteiger partial charge < -0.3 is 9.30 Å². The summed E-state index contributed by atoms with van der Waals surface area (Å²) in [5, 5.41) is 0.602. The van der Waals surface area contributed by atoms with Gasteiger partial charge in [-0.3, -0.25) is 18.3 Å². The molecule has 0 aliphatic carbocycles. The van der Waals surface area contributed by atoms with Crippen LogP contribution in [0.2, 0.25) is 5.02 Å². The van der Waals surface area contributed by atoms with Crippen molar-refractivity contribution >= 4 is 28.5 Å². The van der Waals surface area contributed by atoms with E-state index in [1.807, 2.05) is 17.7 Å². The molecule has 4 aromatic rings. The molecule has 8 nitrogen and oxygen atoms in total. The molecule has 9 heteroatoms. The van der Waals surface area contributed by atoms with Crippen molar-refractivity contribution < 1.29 is 4.74 Å². The third kappa shape index (κ3) is 2.85. The molecule has 0 atom stereocenters. The number of imidazole rings is 2. The molecule has 0 amide bonds. The first kappa shape index (κ1) is 18.5. The van der Waals surface area contributed by atoms with Crippen LogP contribution in [0.5, 0.6) is 0 Å². The lowest BCUT2D eigenvalue weighted by molar-refractivity contribution is 0.187. The number of nitrogens with zero attached hydrogens (tertiary/aromatic N) is 5. The van der Waals surface area contributed by atoms with Gasteiger partial charge in [0.2, 0.25) is 5.78 Å². The van der Waals surface area contributed by atoms with E-state index in [4.69, 9.17) is 16.3 Å². The summed E-state index contributed by atoms with van der Waals surface area (Å²) in [4.78, 5) is 30.6. The number of hydrogen-bond donors (Lipinski definition) is 0. The molecular weight excluding hydrogens is 382 g/mol. The number of methoxy groups -OCH3 is 1. The third-order valence-corrected chi connectivity index (χ3v) is 5.17. The Labute approximate surface area is 165 Å². The summed E-state index contributed by atoms with van der Waals surface area (Å²) in [5.41, 5.74) is 1.74. The van der Waals surface area contributed by atoms with Gasteiger partial charge in [-0.15, -0.1) is 0 Å². The van der Waals surface area contributed by atoms with Crippen molar-refractivity contribution in [1.29, 1.82) is 0 Å². The lowest BCUT2D eigenvalue weighted by Crippen LogP contribution is -2.39. The molecule has 0 saturated heterocycles. The second-order valence-corrected chi connectivity index (χ2v) is 7.16. The summed E-state index contributed by atoms with van der Waals surface area (Å²) in [7, 11) is 3.26. The average Bonchev–Trinajstić information content (AvgIpc) is 3.18. The minimum absolute atomic E-state index is 0.162. The number of rotatable bonds is 5. The standard InChI is InChI=1S/C19H20ClN5O3/c1-12-10-24-15-16(21-18(24)23(12)8-9-28-3)22(2)19(27)25(17(15)26)11-13-4-6-14(20)7-5-13/h4-7,10H,8-9,11H2,1-3H3. The predicted octanol–water partition coefficient (Wildman–Crippen LogP) is 1.81. The van der Waals surface area contributed by atoms with Crippen molar-refractivity contribution in [2.75, 3.05) is 13.7 Å². The molecule has 28 heavy (non-hydrogen) atoms. The Kier molecular flexibility index (Phi) is 4.60. The summed E-state index contributed by atoms with van der Waals surface area (Å²) in [6.07, 6.45) is 1.86. The van der Waals surface area contributed by atoms with Gasteiger partial charge in [-0.1, -0.05) is 23.7 Å². The predicted molar refractivity (Wildman–Crippen MR) is 107 cm³/mol. The lowest BCUT2D eigenvalue weighted by Gasteiger charge is -2.08. The second-order valence-electron chi connectivity index (χ2n) is 6.73. The fraction of sp³-hybridized carbons (Fsp3) is 0.316. The van der Waals surface area contributed by atoms with Crippen LogP contribution in [0.25, 0.3) is 16.9 Å². The van der Waals surface area contributed by atoms with Crippen LogP contribution in [0.15, 0.2) is 40.1 Å². The van der Waals surface area contributed by atoms with Crippen molar-refractivity contribution in [3.05, 3.63) is 67.6 Å². The van der Waals surface area contributed by atoms with Crippen LogP contribution in [0.1, 0.15) is 11.3 Å². The smallest absolute Gasteiger partial charge is 0.332 e. The third-order valence-electron chi connectivity index (χ3n) is 4.91. The first-order chi connectivity index (χ1) is 13.4. The molecule has 0 radical (unpaired) electrons.